The van der Waals surface area contributed by atoms with Crippen LogP contribution in [0.5, 0.6) is 5.75 Å². The highest BCUT2D eigenvalue weighted by Crippen LogP contribution is 2.30. The molecule has 14 heavy (non-hydrogen) atoms. The minimum absolute atomic E-state index is 0.0697. The summed E-state index contributed by atoms with van der Waals surface area (Å²) in [5, 5.41) is 0. The lowest BCUT2D eigenvalue weighted by Gasteiger charge is -2.08. The average Bonchev–Trinajstić information content (AvgIpc) is 2.13. The summed E-state index contributed by atoms with van der Waals surface area (Å²) in [6.07, 6.45) is 0. The minimum Gasteiger partial charge on any atom is -0.493 e. The molecule has 2 nitrogen and oxygen atoms in total. The Bertz CT molecular complexity index is 363. The molecule has 0 aliphatic carbocycles. The molecular weight excluding hydrogens is 251 g/mol. The van der Waals surface area contributed by atoms with Gasteiger partial charge in [0.1, 0.15) is 5.75 Å². The van der Waals surface area contributed by atoms with Crippen molar-refractivity contribution in [3.05, 3.63) is 28.0 Å². The van der Waals surface area contributed by atoms with E-state index in [1.54, 1.807) is 6.07 Å². The Morgan fingerprint density at radius 2 is 2.21 bits per heavy atom. The minimum atomic E-state index is -0.566. The first-order chi connectivity index (χ1) is 6.57. The van der Waals surface area contributed by atoms with E-state index in [0.29, 0.717) is 12.4 Å². The molecule has 0 radical (unpaired) electrons. The van der Waals surface area contributed by atoms with E-state index in [0.717, 1.165) is 0 Å². The second-order valence-electron chi connectivity index (χ2n) is 2.73. The van der Waals surface area contributed by atoms with Crippen LogP contribution in [0.1, 0.15) is 24.2 Å². The van der Waals surface area contributed by atoms with Crippen LogP contribution in [0, 0.1) is 5.82 Å². The summed E-state index contributed by atoms with van der Waals surface area (Å²) in [7, 11) is 0. The van der Waals surface area contributed by atoms with Crippen LogP contribution in [-0.4, -0.2) is 12.4 Å². The number of hydrogen-bond donors (Lipinski definition) is 0. The van der Waals surface area contributed by atoms with E-state index < -0.39 is 5.82 Å². The number of hydrogen-bond acceptors (Lipinski definition) is 2. The van der Waals surface area contributed by atoms with Gasteiger partial charge in [0, 0.05) is 0 Å². The number of benzene rings is 1. The lowest BCUT2D eigenvalue weighted by atomic mass is 10.1. The summed E-state index contributed by atoms with van der Waals surface area (Å²) in [5.74, 6) is -0.454. The summed E-state index contributed by atoms with van der Waals surface area (Å²) >= 11 is 3.05. The van der Waals surface area contributed by atoms with Crippen LogP contribution in [0.2, 0.25) is 0 Å². The fraction of sp³-hybridized carbons (Fsp3) is 0.300. The fourth-order valence-corrected chi connectivity index (χ4v) is 1.53. The second kappa shape index (κ2) is 4.55. The number of carbonyl (C=O) groups excluding carboxylic acids is 1. The summed E-state index contributed by atoms with van der Waals surface area (Å²) in [4.78, 5) is 11.0. The van der Waals surface area contributed by atoms with Crippen molar-refractivity contribution in [2.24, 2.45) is 0 Å². The van der Waals surface area contributed by atoms with E-state index in [4.69, 9.17) is 4.74 Å². The SMILES string of the molecule is CCOc1ccc(C(C)=O)c(F)c1Br. The molecule has 0 aliphatic rings. The molecule has 0 unspecified atom stereocenters. The van der Waals surface area contributed by atoms with Crippen molar-refractivity contribution in [3.63, 3.8) is 0 Å². The zero-order chi connectivity index (χ0) is 10.7. The molecule has 0 fully saturated rings. The topological polar surface area (TPSA) is 26.3 Å². The van der Waals surface area contributed by atoms with Gasteiger partial charge in [-0.3, -0.25) is 4.79 Å². The van der Waals surface area contributed by atoms with Gasteiger partial charge in [-0.1, -0.05) is 0 Å². The number of rotatable bonds is 3. The molecule has 0 saturated heterocycles. The predicted octanol–water partition coefficient (Wildman–Crippen LogP) is 3.19. The fourth-order valence-electron chi connectivity index (χ4n) is 1.07. The third-order valence-corrected chi connectivity index (χ3v) is 2.46. The second-order valence-corrected chi connectivity index (χ2v) is 3.52. The van der Waals surface area contributed by atoms with Gasteiger partial charge < -0.3 is 4.74 Å². The molecule has 1 rings (SSSR count). The Balaban J connectivity index is 3.19. The van der Waals surface area contributed by atoms with Crippen LogP contribution < -0.4 is 4.74 Å². The van der Waals surface area contributed by atoms with Gasteiger partial charge in [0.25, 0.3) is 0 Å². The van der Waals surface area contributed by atoms with E-state index >= 15 is 0 Å². The number of ether oxygens (including phenoxy) is 1. The van der Waals surface area contributed by atoms with Crippen molar-refractivity contribution in [2.45, 2.75) is 13.8 Å². The van der Waals surface area contributed by atoms with Crippen molar-refractivity contribution < 1.29 is 13.9 Å². The van der Waals surface area contributed by atoms with E-state index in [9.17, 15) is 9.18 Å². The van der Waals surface area contributed by atoms with Crippen LogP contribution in [0.25, 0.3) is 0 Å². The first kappa shape index (κ1) is 11.2. The molecule has 4 heteroatoms. The van der Waals surface area contributed by atoms with E-state index in [2.05, 4.69) is 15.9 Å². The molecule has 0 heterocycles. The van der Waals surface area contributed by atoms with E-state index in [1.165, 1.54) is 13.0 Å². The maximum absolute atomic E-state index is 13.5. The normalized spacial score (nSPS) is 10.0. The van der Waals surface area contributed by atoms with Crippen molar-refractivity contribution in [1.29, 1.82) is 0 Å². The standard InChI is InChI=1S/C10H10BrFO2/c1-3-14-8-5-4-7(6(2)13)10(12)9(8)11/h4-5H,3H2,1-2H3. The molecule has 1 aromatic rings. The van der Waals surface area contributed by atoms with Crippen LogP contribution in [-0.2, 0) is 0 Å². The first-order valence-corrected chi connectivity index (χ1v) is 4.99. The lowest BCUT2D eigenvalue weighted by molar-refractivity contribution is 0.101. The monoisotopic (exact) mass is 260 g/mol. The number of ketones is 1. The maximum atomic E-state index is 13.5. The molecule has 0 atom stereocenters. The Hall–Kier alpha value is -0.900. The van der Waals surface area contributed by atoms with E-state index in [-0.39, 0.29) is 15.8 Å². The molecule has 0 bridgehead atoms. The number of Topliss-reactive ketones (excluding diaryl/α,β-unsaturated/α-hetero) is 1. The number of carbonyl (C=O) groups is 1. The molecular formula is C10H10BrFO2. The zero-order valence-electron chi connectivity index (χ0n) is 7.93. The molecule has 1 aromatic carbocycles. The van der Waals surface area contributed by atoms with Crippen molar-refractivity contribution in [2.75, 3.05) is 6.61 Å². The molecule has 0 spiro atoms. The molecule has 76 valence electrons. The third-order valence-electron chi connectivity index (χ3n) is 1.73. The molecule has 0 aliphatic heterocycles. The summed E-state index contributed by atoms with van der Waals surface area (Å²) in [5.41, 5.74) is 0.0697. The highest BCUT2D eigenvalue weighted by molar-refractivity contribution is 9.10. The zero-order valence-corrected chi connectivity index (χ0v) is 9.52. The van der Waals surface area contributed by atoms with Crippen molar-refractivity contribution in [1.82, 2.24) is 0 Å². The van der Waals surface area contributed by atoms with Gasteiger partial charge in [0.2, 0.25) is 0 Å². The summed E-state index contributed by atoms with van der Waals surface area (Å²) in [6.45, 7) is 3.59. The van der Waals surface area contributed by atoms with Gasteiger partial charge in [-0.25, -0.2) is 4.39 Å². The van der Waals surface area contributed by atoms with Gasteiger partial charge in [0.15, 0.2) is 11.6 Å². The van der Waals surface area contributed by atoms with Gasteiger partial charge in [0.05, 0.1) is 16.6 Å². The first-order valence-electron chi connectivity index (χ1n) is 4.19. The van der Waals surface area contributed by atoms with Crippen molar-refractivity contribution in [3.8, 4) is 5.75 Å². The molecule has 0 aromatic heterocycles. The largest absolute Gasteiger partial charge is 0.493 e. The predicted molar refractivity (Wildman–Crippen MR) is 55.3 cm³/mol. The average molecular weight is 261 g/mol. The quantitative estimate of drug-likeness (QED) is 0.781. The van der Waals surface area contributed by atoms with Gasteiger partial charge >= 0.3 is 0 Å². The summed E-state index contributed by atoms with van der Waals surface area (Å²) < 4.78 is 18.8. The molecule has 0 saturated carbocycles. The van der Waals surface area contributed by atoms with Crippen LogP contribution in [0.4, 0.5) is 4.39 Å². The summed E-state index contributed by atoms with van der Waals surface area (Å²) in [6, 6.07) is 3.00. The van der Waals surface area contributed by atoms with Crippen LogP contribution in [0.15, 0.2) is 16.6 Å². The van der Waals surface area contributed by atoms with Crippen LogP contribution in [0.3, 0.4) is 0 Å². The molecule has 0 amide bonds. The highest BCUT2D eigenvalue weighted by atomic mass is 79.9. The van der Waals surface area contributed by atoms with Gasteiger partial charge in [-0.2, -0.15) is 0 Å². The number of halogens is 2. The smallest absolute Gasteiger partial charge is 0.162 e. The lowest BCUT2D eigenvalue weighted by Crippen LogP contribution is -2.00. The third kappa shape index (κ3) is 2.12. The van der Waals surface area contributed by atoms with E-state index in [1.807, 2.05) is 6.92 Å². The van der Waals surface area contributed by atoms with Crippen molar-refractivity contribution >= 4 is 21.7 Å². The maximum Gasteiger partial charge on any atom is 0.162 e. The van der Waals surface area contributed by atoms with Gasteiger partial charge in [-0.15, -0.1) is 0 Å². The Morgan fingerprint density at radius 3 is 2.71 bits per heavy atom. The van der Waals surface area contributed by atoms with Gasteiger partial charge in [-0.05, 0) is 41.9 Å². The van der Waals surface area contributed by atoms with Crippen LogP contribution >= 0.6 is 15.9 Å². The molecule has 0 N–H and O–H groups in total. The Labute approximate surface area is 90.2 Å². The Morgan fingerprint density at radius 1 is 1.57 bits per heavy atom. The Kier molecular flexibility index (Phi) is 3.63. The highest BCUT2D eigenvalue weighted by Gasteiger charge is 2.14.